The molecule has 15 nitrogen and oxygen atoms in total. The summed E-state index contributed by atoms with van der Waals surface area (Å²) < 4.78 is 5.40. The van der Waals surface area contributed by atoms with Crippen LogP contribution in [0.25, 0.3) is 0 Å². The molecule has 15 heteroatoms. The minimum atomic E-state index is -1.97. The number of hydrogen-bond acceptors (Lipinski definition) is 10. The van der Waals surface area contributed by atoms with Gasteiger partial charge in [0.1, 0.15) is 42.8 Å². The number of aliphatic carboxylic acids is 1. The predicted molar refractivity (Wildman–Crippen MR) is 108 cm³/mol. The summed E-state index contributed by atoms with van der Waals surface area (Å²) in [5.41, 5.74) is 5.14. The van der Waals surface area contributed by atoms with Crippen LogP contribution in [-0.2, 0) is 33.5 Å². The largest absolute Gasteiger partial charge is 0.481 e. The third kappa shape index (κ3) is 10.8. The van der Waals surface area contributed by atoms with Crippen molar-refractivity contribution < 1.29 is 53.9 Å². The van der Waals surface area contributed by atoms with E-state index in [1.807, 2.05) is 0 Å². The first-order valence-corrected chi connectivity index (χ1v) is 9.74. The number of nitrogens with two attached hydrogens (primary N) is 1. The summed E-state index contributed by atoms with van der Waals surface area (Å²) >= 11 is 0. The van der Waals surface area contributed by atoms with Crippen LogP contribution in [-0.4, -0.2) is 106 Å². The number of aliphatic hydroxyl groups excluding tert-OH is 3. The van der Waals surface area contributed by atoms with E-state index in [2.05, 4.69) is 16.0 Å². The quantitative estimate of drug-likeness (QED) is 0.0975. The van der Waals surface area contributed by atoms with Gasteiger partial charge >= 0.3 is 5.97 Å². The first-order chi connectivity index (χ1) is 15.4. The maximum Gasteiger partial charge on any atom is 0.303 e. The number of primary amides is 1. The lowest BCUT2D eigenvalue weighted by atomic mass is 10.0. The van der Waals surface area contributed by atoms with E-state index < -0.39 is 85.5 Å². The number of carboxylic acids is 1. The molecular formula is C18H30N4O11. The number of aliphatic hydroxyl groups is 3. The lowest BCUT2D eigenvalue weighted by Gasteiger charge is -2.33. The number of hydrogen-bond donors (Lipinski definition) is 8. The highest BCUT2D eigenvalue weighted by Crippen LogP contribution is 2.14. The number of nitrogens with one attached hydrogen (secondary N) is 3. The number of rotatable bonds is 16. The number of aldehydes is 1. The third-order valence-electron chi connectivity index (χ3n) is 4.34. The Bertz CT molecular complexity index is 718. The Morgan fingerprint density at radius 1 is 1.12 bits per heavy atom. The molecular weight excluding hydrogens is 448 g/mol. The third-order valence-corrected chi connectivity index (χ3v) is 4.34. The summed E-state index contributed by atoms with van der Waals surface area (Å²) in [6.07, 6.45) is -8.69. The van der Waals surface area contributed by atoms with Gasteiger partial charge in [0.2, 0.25) is 23.6 Å². The van der Waals surface area contributed by atoms with Crippen molar-refractivity contribution >= 4 is 35.9 Å². The van der Waals surface area contributed by atoms with Crippen molar-refractivity contribution in [3.63, 3.8) is 0 Å². The Labute approximate surface area is 188 Å². The molecule has 188 valence electrons. The summed E-state index contributed by atoms with van der Waals surface area (Å²) in [6, 6.07) is -2.94. The maximum atomic E-state index is 12.4. The average Bonchev–Trinajstić information content (AvgIpc) is 2.75. The lowest BCUT2D eigenvalue weighted by molar-refractivity contribution is -0.162. The van der Waals surface area contributed by atoms with Gasteiger partial charge < -0.3 is 51.6 Å². The Kier molecular flexibility index (Phi) is 13.4. The molecule has 0 aromatic carbocycles. The van der Waals surface area contributed by atoms with E-state index in [0.717, 1.165) is 6.92 Å². The summed E-state index contributed by atoms with van der Waals surface area (Å²) in [6.45, 7) is 0.0921. The van der Waals surface area contributed by atoms with Crippen molar-refractivity contribution in [1.82, 2.24) is 16.0 Å². The van der Waals surface area contributed by atoms with Gasteiger partial charge in [-0.1, -0.05) is 0 Å². The van der Waals surface area contributed by atoms with Crippen molar-refractivity contribution in [1.29, 1.82) is 0 Å². The number of carbonyl (C=O) groups is 6. The number of carbonyl (C=O) groups excluding carboxylic acids is 5. The maximum absolute atomic E-state index is 12.4. The molecule has 6 atom stereocenters. The molecule has 0 rings (SSSR count). The highest BCUT2D eigenvalue weighted by molar-refractivity contribution is 5.90. The fourth-order valence-corrected chi connectivity index (χ4v) is 2.66. The normalized spacial score (nSPS) is 16.3. The van der Waals surface area contributed by atoms with E-state index in [1.165, 1.54) is 7.05 Å². The van der Waals surface area contributed by atoms with Gasteiger partial charge in [-0.15, -0.1) is 0 Å². The van der Waals surface area contributed by atoms with E-state index in [0.29, 0.717) is 0 Å². The van der Waals surface area contributed by atoms with Crippen LogP contribution in [0.15, 0.2) is 0 Å². The van der Waals surface area contributed by atoms with Gasteiger partial charge in [0.25, 0.3) is 0 Å². The van der Waals surface area contributed by atoms with Crippen LogP contribution in [0.1, 0.15) is 26.2 Å². The molecule has 0 saturated heterocycles. The Morgan fingerprint density at radius 3 is 2.15 bits per heavy atom. The Hall–Kier alpha value is -3.14. The van der Waals surface area contributed by atoms with E-state index in [9.17, 15) is 39.0 Å². The topological polar surface area (TPSA) is 255 Å². The van der Waals surface area contributed by atoms with Crippen LogP contribution < -0.4 is 21.7 Å². The summed E-state index contributed by atoms with van der Waals surface area (Å²) in [5.74, 6) is -4.85. The van der Waals surface area contributed by atoms with Crippen molar-refractivity contribution in [3.05, 3.63) is 0 Å². The second-order valence-corrected chi connectivity index (χ2v) is 6.97. The molecule has 0 radical (unpaired) electrons. The second kappa shape index (κ2) is 14.8. The summed E-state index contributed by atoms with van der Waals surface area (Å²) in [7, 11) is 1.19. The van der Waals surface area contributed by atoms with Gasteiger partial charge in [0.15, 0.2) is 0 Å². The first-order valence-electron chi connectivity index (χ1n) is 9.74. The second-order valence-electron chi connectivity index (χ2n) is 6.97. The number of amides is 4. The Balaban J connectivity index is 5.71. The molecule has 4 amide bonds. The van der Waals surface area contributed by atoms with E-state index in [4.69, 9.17) is 20.7 Å². The van der Waals surface area contributed by atoms with Crippen LogP contribution in [0.3, 0.4) is 0 Å². The SMILES string of the molecule is CNC(=O)C(CC(=O)N[C@H](CCC(=O)O)C(N)=O)O[C@@H]([C@H](O)[C@H](O)CO)[C@H](C=O)NC(C)=O. The zero-order valence-corrected chi connectivity index (χ0v) is 18.1. The molecule has 1 unspecified atom stereocenters. The first kappa shape index (κ1) is 29.9. The van der Waals surface area contributed by atoms with Gasteiger partial charge in [0.05, 0.1) is 13.0 Å². The molecule has 0 saturated carbocycles. The van der Waals surface area contributed by atoms with E-state index >= 15 is 0 Å². The Morgan fingerprint density at radius 2 is 1.73 bits per heavy atom. The number of carboxylic acid groups (broad SMARTS) is 1. The average molecular weight is 478 g/mol. The highest BCUT2D eigenvalue weighted by Gasteiger charge is 2.38. The van der Waals surface area contributed by atoms with Gasteiger partial charge in [-0.3, -0.25) is 24.0 Å². The molecule has 0 aliphatic carbocycles. The molecule has 0 aromatic heterocycles. The molecule has 0 aliphatic rings. The molecule has 0 aliphatic heterocycles. The van der Waals surface area contributed by atoms with Crippen LogP contribution in [0.4, 0.5) is 0 Å². The van der Waals surface area contributed by atoms with Crippen LogP contribution in [0.5, 0.6) is 0 Å². The highest BCUT2D eigenvalue weighted by atomic mass is 16.5. The smallest absolute Gasteiger partial charge is 0.303 e. The van der Waals surface area contributed by atoms with Gasteiger partial charge in [-0.2, -0.15) is 0 Å². The zero-order chi connectivity index (χ0) is 25.7. The van der Waals surface area contributed by atoms with Crippen molar-refractivity contribution in [2.24, 2.45) is 5.73 Å². The van der Waals surface area contributed by atoms with Crippen molar-refractivity contribution in [2.75, 3.05) is 13.7 Å². The zero-order valence-electron chi connectivity index (χ0n) is 18.1. The van der Waals surface area contributed by atoms with E-state index in [-0.39, 0.29) is 12.7 Å². The molecule has 33 heavy (non-hydrogen) atoms. The predicted octanol–water partition coefficient (Wildman–Crippen LogP) is -4.87. The number of likely N-dealkylation sites (N-methyl/N-ethyl adjacent to an activating group) is 1. The van der Waals surface area contributed by atoms with Crippen LogP contribution in [0.2, 0.25) is 0 Å². The van der Waals surface area contributed by atoms with E-state index in [1.54, 1.807) is 0 Å². The van der Waals surface area contributed by atoms with Gasteiger partial charge in [-0.05, 0) is 6.42 Å². The van der Waals surface area contributed by atoms with Crippen molar-refractivity contribution in [2.45, 2.75) is 62.7 Å². The van der Waals surface area contributed by atoms with Gasteiger partial charge in [-0.25, -0.2) is 0 Å². The minimum Gasteiger partial charge on any atom is -0.481 e. The number of ether oxygens (including phenoxy) is 1. The monoisotopic (exact) mass is 478 g/mol. The molecule has 0 bridgehead atoms. The standard InChI is InChI=1S/C18H30N4O11/c1-8(25)21-10(6-23)16(15(30)11(26)7-24)33-12(18(32)20-2)5-13(27)22-9(17(19)31)3-4-14(28)29/h6,9-12,15-16,24,26,30H,3-5,7H2,1-2H3,(H2,19,31)(H,20,32)(H,21,25)(H,22,27)(H,28,29)/t9-,10+,11-,12?,15-,16-/m1/s1. The molecule has 0 spiro atoms. The van der Waals surface area contributed by atoms with Crippen molar-refractivity contribution in [3.8, 4) is 0 Å². The fourth-order valence-electron chi connectivity index (χ4n) is 2.66. The molecule has 0 fully saturated rings. The molecule has 9 N–H and O–H groups in total. The van der Waals surface area contributed by atoms with Crippen LogP contribution in [0, 0.1) is 0 Å². The minimum absolute atomic E-state index is 0.162. The van der Waals surface area contributed by atoms with Crippen LogP contribution >= 0.6 is 0 Å². The molecule has 0 heterocycles. The van der Waals surface area contributed by atoms with Gasteiger partial charge in [0, 0.05) is 20.4 Å². The lowest BCUT2D eigenvalue weighted by Crippen LogP contribution is -2.57. The molecule has 0 aromatic rings. The fraction of sp³-hybridized carbons (Fsp3) is 0.667. The summed E-state index contributed by atoms with van der Waals surface area (Å²) in [4.78, 5) is 69.6. The summed E-state index contributed by atoms with van der Waals surface area (Å²) in [5, 5.41) is 44.4.